The average Bonchev–Trinajstić information content (AvgIpc) is 1.52. The zero-order valence-electron chi connectivity index (χ0n) is 63.1. The molecule has 4 aromatic carbocycles. The number of aryl methyl sites for hydroxylation is 1. The van der Waals surface area contributed by atoms with Crippen LogP contribution in [0.15, 0.2) is 119 Å². The Kier molecular flexibility index (Phi) is 35.0. The predicted molar refractivity (Wildman–Crippen MR) is 437 cm³/mol. The highest BCUT2D eigenvalue weighted by atomic mass is 35.5. The van der Waals surface area contributed by atoms with Crippen LogP contribution in [0, 0.1) is 12.8 Å². The van der Waals surface area contributed by atoms with Gasteiger partial charge in [-0.3, -0.25) is 29.1 Å². The van der Waals surface area contributed by atoms with Crippen LogP contribution in [0.3, 0.4) is 0 Å². The van der Waals surface area contributed by atoms with E-state index in [0.717, 1.165) is 83.5 Å². The van der Waals surface area contributed by atoms with Gasteiger partial charge in [-0.05, 0) is 159 Å². The number of nitrogens with zero attached hydrogens (tertiary/aromatic N) is 6. The summed E-state index contributed by atoms with van der Waals surface area (Å²) in [6, 6.07) is 32.2. The molecule has 1 aliphatic carbocycles. The number of aliphatic carboxylic acids is 2. The van der Waals surface area contributed by atoms with Gasteiger partial charge in [0.1, 0.15) is 64.3 Å². The molecular formula is C80H106Cl5N9O12S2. The van der Waals surface area contributed by atoms with Gasteiger partial charge in [-0.15, -0.1) is 47.5 Å². The Morgan fingerprint density at radius 3 is 1.97 bits per heavy atom. The fourth-order valence-electron chi connectivity index (χ4n) is 14.1. The van der Waals surface area contributed by atoms with Gasteiger partial charge in [0.05, 0.1) is 55.9 Å². The van der Waals surface area contributed by atoms with Gasteiger partial charge in [0.25, 0.3) is 5.91 Å². The van der Waals surface area contributed by atoms with Crippen molar-refractivity contribution >= 4 is 134 Å². The first-order valence-electron chi connectivity index (χ1n) is 37.2. The minimum atomic E-state index is -1.36. The molecule has 590 valence electrons. The van der Waals surface area contributed by atoms with Crippen molar-refractivity contribution in [1.29, 1.82) is 0 Å². The molecule has 6 aliphatic rings. The summed E-state index contributed by atoms with van der Waals surface area (Å²) in [7, 11) is 1.94. The summed E-state index contributed by atoms with van der Waals surface area (Å²) in [5.41, 5.74) is 6.92. The number of hydrogen-bond acceptors (Lipinski definition) is 17. The molecule has 0 spiro atoms. The number of para-hydroxylation sites is 2. The Balaban J connectivity index is 0.000000204. The zero-order valence-corrected chi connectivity index (χ0v) is 68.6. The van der Waals surface area contributed by atoms with Crippen LogP contribution in [0.2, 0.25) is 15.1 Å². The van der Waals surface area contributed by atoms with Crippen LogP contribution in [0.25, 0.3) is 39.4 Å². The van der Waals surface area contributed by atoms with Crippen molar-refractivity contribution in [2.75, 3.05) is 25.2 Å². The molecule has 12 atom stereocenters. The molecule has 5 aliphatic heterocycles. The third-order valence-corrected chi connectivity index (χ3v) is 23.1. The topological polar surface area (TPSA) is 295 Å². The number of fused-ring (bicyclic) bond motifs is 3. The minimum absolute atomic E-state index is 0. The van der Waals surface area contributed by atoms with E-state index in [4.69, 9.17) is 70.7 Å². The molecule has 0 radical (unpaired) electrons. The van der Waals surface area contributed by atoms with E-state index < -0.39 is 87.2 Å². The molecule has 5 aromatic rings. The number of hydrogen-bond donors (Lipinski definition) is 8. The monoisotopic (exact) mass is 1620 g/mol. The van der Waals surface area contributed by atoms with E-state index in [2.05, 4.69) is 71.6 Å². The quantitative estimate of drug-likeness (QED) is 0.00935. The number of anilines is 2. The van der Waals surface area contributed by atoms with E-state index in [1.165, 1.54) is 99.1 Å². The van der Waals surface area contributed by atoms with Crippen LogP contribution in [-0.2, 0) is 23.9 Å². The van der Waals surface area contributed by atoms with E-state index in [9.17, 15) is 44.4 Å². The molecule has 28 heteroatoms. The third-order valence-electron chi connectivity index (χ3n) is 19.6. The van der Waals surface area contributed by atoms with Gasteiger partial charge >= 0.3 is 11.9 Å². The molecule has 0 unspecified atom stereocenters. The second kappa shape index (κ2) is 42.5. The van der Waals surface area contributed by atoms with Crippen molar-refractivity contribution in [2.24, 2.45) is 10.9 Å². The first-order valence-corrected chi connectivity index (χ1v) is 40.9. The highest BCUT2D eigenvalue weighted by Crippen LogP contribution is 2.51. The number of carboxylic acid groups (broad SMARTS) is 2. The Hall–Kier alpha value is -6.19. The second-order valence-corrected chi connectivity index (χ2v) is 33.4. The fourth-order valence-corrected chi connectivity index (χ4v) is 17.1. The standard InChI is InChI=1S/C27H22Cl2N4.C19H18ClN3O5S.C18H33ClN2O5S.C16H32O2.ClH/c1-17(2)30-24-16-27-25(15-23(24)31-20-11-7-18(28)8-12-20)32-22-5-3-4-6-26(22)33(27)21-13-9-19(29)10-14-21;1-8-11(12(22-28-8)9-6-4-5-7-10(9)20)15(24)21-13-16(25)23-14(18(26)27)19(2,3)29-17(13)23;1-5-6-10-7-11(21(3)8-10)17(25)20-12(9(2)19)16-14(23)13(22)15(24)18(26-16)27-4;1-2-3-4-5-6-7-8-9-10-11-12-13-14-15-16(17)18;/h3-17,31H,1-2H3;4-7,13-14,17H,1-3H3,(H,21,24)(H,26,27);9-16,18,22-24H,5-8H2,1-4H3,(H,20,25);2-15H2,1H3,(H,17,18);1H/t;13-,14+,17-;9-,10+,11-,12+,13-,14+,15+,16+,18+;;/m.10../s1. The van der Waals surface area contributed by atoms with Crippen LogP contribution in [0.5, 0.6) is 0 Å². The normalized spacial score (nSPS) is 22.1. The lowest BCUT2D eigenvalue weighted by molar-refractivity contribution is -0.205. The first-order chi connectivity index (χ1) is 51.1. The van der Waals surface area contributed by atoms with E-state index in [1.54, 1.807) is 58.2 Å². The van der Waals surface area contributed by atoms with Gasteiger partial charge in [-0.1, -0.05) is 168 Å². The van der Waals surface area contributed by atoms with Crippen LogP contribution < -0.4 is 21.3 Å². The van der Waals surface area contributed by atoms with Crippen molar-refractivity contribution in [2.45, 2.75) is 240 Å². The number of ether oxygens (including phenoxy) is 1. The fraction of sp³-hybridized carbons (Fsp3) is 0.525. The molecule has 11 rings (SSSR count). The summed E-state index contributed by atoms with van der Waals surface area (Å²) < 4.78 is 12.5. The number of alkyl halides is 1. The number of aromatic nitrogens is 3. The molecule has 0 bridgehead atoms. The van der Waals surface area contributed by atoms with E-state index in [1.807, 2.05) is 78.7 Å². The molecule has 0 saturated carbocycles. The maximum atomic E-state index is 13.0. The predicted octanol–water partition coefficient (Wildman–Crippen LogP) is 16.4. The second-order valence-electron chi connectivity index (χ2n) is 28.7. The first kappa shape index (κ1) is 89.0. The Labute approximate surface area is 669 Å². The number of nitrogens with one attached hydrogen (secondary N) is 3. The molecule has 21 nitrogen and oxygen atoms in total. The summed E-state index contributed by atoms with van der Waals surface area (Å²) in [6.07, 6.45) is 17.2. The summed E-state index contributed by atoms with van der Waals surface area (Å²) >= 11 is 27.4. The van der Waals surface area contributed by atoms with Crippen LogP contribution in [0.1, 0.15) is 174 Å². The number of unbranched alkanes of at least 4 members (excludes halogenated alkanes) is 12. The van der Waals surface area contributed by atoms with E-state index in [0.29, 0.717) is 38.7 Å². The SMILES string of the molecule is CC(C)N=c1cc2n(-c3ccc(Cl)cc3)c3ccccc3nc-2cc1Nc1ccc(Cl)cc1.CCCCCCCCCCCCCCCC(=O)O.CCC[C@@H]1C[C@@H](C(=O)N[C@@H]([C@H]2O[C@H](SC)[C@H](O)[C@@H](O)[C@H]2O)[C@H](C)Cl)N(C)C1.Cc1onc(-c2ccccc2Cl)c1C(=O)N[C@@H]1C(=O)N2[C@@H]1SC(C)(C)[C@@H]2C(=O)O.Cl. The van der Waals surface area contributed by atoms with Crippen molar-refractivity contribution in [1.82, 2.24) is 35.1 Å². The van der Waals surface area contributed by atoms with Gasteiger partial charge in [-0.25, -0.2) is 9.78 Å². The molecule has 3 amide bonds. The number of benzene rings is 5. The molecule has 8 N–H and O–H groups in total. The summed E-state index contributed by atoms with van der Waals surface area (Å²) in [5, 5.41) is 63.4. The number of carbonyl (C=O) groups is 5. The number of β-lactam (4-membered cyclic amide) rings is 1. The Morgan fingerprint density at radius 1 is 0.787 bits per heavy atom. The molecule has 108 heavy (non-hydrogen) atoms. The maximum absolute atomic E-state index is 13.0. The van der Waals surface area contributed by atoms with E-state index >= 15 is 0 Å². The molecule has 4 saturated heterocycles. The number of likely N-dealkylation sites (tertiary alicyclic amines) is 1. The summed E-state index contributed by atoms with van der Waals surface area (Å²) in [4.78, 5) is 73.7. The minimum Gasteiger partial charge on any atom is -0.481 e. The molecule has 6 heterocycles. The van der Waals surface area contributed by atoms with E-state index in [-0.39, 0.29) is 41.7 Å². The number of carbonyl (C=O) groups excluding carboxylic acids is 3. The Bertz CT molecular complexity index is 4110. The highest BCUT2D eigenvalue weighted by Gasteiger charge is 2.64. The number of aliphatic hydroxyl groups excluding tert-OH is 3. The van der Waals surface area contributed by atoms with Gasteiger partial charge in [0.15, 0.2) is 0 Å². The van der Waals surface area contributed by atoms with Gasteiger partial charge < -0.3 is 60.2 Å². The number of amides is 3. The Morgan fingerprint density at radius 2 is 1.39 bits per heavy atom. The van der Waals surface area contributed by atoms with Gasteiger partial charge in [0, 0.05) is 50.7 Å². The molecule has 1 aromatic heterocycles. The number of halogens is 5. The summed E-state index contributed by atoms with van der Waals surface area (Å²) in [6.45, 7) is 16.3. The number of aliphatic hydroxyl groups is 3. The lowest BCUT2D eigenvalue weighted by atomic mass is 9.92. The lowest BCUT2D eigenvalue weighted by Gasteiger charge is -2.44. The summed E-state index contributed by atoms with van der Waals surface area (Å²) in [5.74, 6) is -2.00. The molecule has 4 fully saturated rings. The zero-order chi connectivity index (χ0) is 77.8. The van der Waals surface area contributed by atoms with Crippen LogP contribution in [-0.4, -0.2) is 175 Å². The number of carboxylic acids is 2. The highest BCUT2D eigenvalue weighted by molar-refractivity contribution is 8.01. The lowest BCUT2D eigenvalue weighted by Crippen LogP contribution is -2.70. The van der Waals surface area contributed by atoms with Crippen molar-refractivity contribution < 1.29 is 58.8 Å². The largest absolute Gasteiger partial charge is 0.481 e. The van der Waals surface area contributed by atoms with Crippen molar-refractivity contribution in [3.05, 3.63) is 141 Å². The van der Waals surface area contributed by atoms with Crippen molar-refractivity contribution in [3.63, 3.8) is 0 Å². The number of likely N-dealkylation sites (N-methyl/N-ethyl adjacent to an activating group) is 1. The molecular weight excluding hydrogens is 1520 g/mol. The van der Waals surface area contributed by atoms with Crippen molar-refractivity contribution in [3.8, 4) is 28.3 Å². The van der Waals surface area contributed by atoms with Gasteiger partial charge in [0.2, 0.25) is 11.8 Å². The van der Waals surface area contributed by atoms with Crippen LogP contribution in [0.4, 0.5) is 11.4 Å². The third kappa shape index (κ3) is 23.5. The van der Waals surface area contributed by atoms with Gasteiger partial charge in [-0.2, -0.15) is 0 Å². The number of thioether (sulfide) groups is 2. The average molecular weight is 1630 g/mol. The number of rotatable bonds is 29. The van der Waals surface area contributed by atoms with Crippen LogP contribution >= 0.6 is 82.3 Å². The smallest absolute Gasteiger partial charge is 0.327 e. The maximum Gasteiger partial charge on any atom is 0.327 e.